The molecule has 3 heterocycles. The van der Waals surface area contributed by atoms with E-state index in [1.165, 1.54) is 22.9 Å². The first-order valence-corrected chi connectivity index (χ1v) is 9.73. The van der Waals surface area contributed by atoms with Crippen molar-refractivity contribution >= 4 is 46.2 Å². The summed E-state index contributed by atoms with van der Waals surface area (Å²) in [5.41, 5.74) is 1.31. The molecule has 7 nitrogen and oxygen atoms in total. The minimum Gasteiger partial charge on any atom is -0.469 e. The lowest BCUT2D eigenvalue weighted by molar-refractivity contribution is -0.122. The summed E-state index contributed by atoms with van der Waals surface area (Å²) in [5.74, 6) is 1.47. The van der Waals surface area contributed by atoms with Crippen LogP contribution in [0.5, 0.6) is 11.5 Å². The summed E-state index contributed by atoms with van der Waals surface area (Å²) in [4.78, 5) is 26.8. The molecule has 2 aliphatic rings. The van der Waals surface area contributed by atoms with Crippen molar-refractivity contribution < 1.29 is 23.5 Å². The standard InChI is InChI=1S/C19H16N2O5S2/c1-11-13(4-7-24-11)17(22)20-5-6-21-18(23)16(28-19(21)27)9-12-2-3-14-15(8-12)26-10-25-14/h2-4,7-9H,5-6,10H2,1H3,(H,20,22)/b16-9-. The highest BCUT2D eigenvalue weighted by Crippen LogP contribution is 2.36. The van der Waals surface area contributed by atoms with E-state index < -0.39 is 0 Å². The van der Waals surface area contributed by atoms with Gasteiger partial charge in [0.05, 0.1) is 16.7 Å². The van der Waals surface area contributed by atoms with Crippen LogP contribution in [0.15, 0.2) is 39.9 Å². The Kier molecular flexibility index (Phi) is 5.10. The predicted molar refractivity (Wildman–Crippen MR) is 108 cm³/mol. The van der Waals surface area contributed by atoms with Crippen molar-refractivity contribution in [2.75, 3.05) is 19.9 Å². The van der Waals surface area contributed by atoms with Crippen LogP contribution in [-0.2, 0) is 4.79 Å². The van der Waals surface area contributed by atoms with E-state index in [0.29, 0.717) is 38.6 Å². The van der Waals surface area contributed by atoms with Crippen molar-refractivity contribution in [1.29, 1.82) is 0 Å². The molecule has 9 heteroatoms. The molecule has 0 saturated carbocycles. The molecular weight excluding hydrogens is 400 g/mol. The minimum absolute atomic E-state index is 0.179. The second kappa shape index (κ2) is 7.69. The normalized spacial score (nSPS) is 16.9. The number of nitrogens with zero attached hydrogens (tertiary/aromatic N) is 1. The Morgan fingerprint density at radius 1 is 1.32 bits per heavy atom. The average molecular weight is 416 g/mol. The number of thioether (sulfide) groups is 1. The number of rotatable bonds is 5. The van der Waals surface area contributed by atoms with E-state index in [9.17, 15) is 9.59 Å². The molecule has 2 amide bonds. The summed E-state index contributed by atoms with van der Waals surface area (Å²) in [6.45, 7) is 2.50. The number of nitrogens with one attached hydrogen (secondary N) is 1. The van der Waals surface area contributed by atoms with Crippen LogP contribution in [-0.4, -0.2) is 40.9 Å². The summed E-state index contributed by atoms with van der Waals surface area (Å²) >= 11 is 6.56. The van der Waals surface area contributed by atoms with Crippen LogP contribution in [0.3, 0.4) is 0 Å². The number of thiocarbonyl (C=S) groups is 1. The molecule has 0 spiro atoms. The molecule has 1 fully saturated rings. The summed E-state index contributed by atoms with van der Waals surface area (Å²) in [7, 11) is 0. The fraction of sp³-hybridized carbons (Fsp3) is 0.211. The summed E-state index contributed by atoms with van der Waals surface area (Å²) in [6.07, 6.45) is 3.24. The quantitative estimate of drug-likeness (QED) is 0.593. The Morgan fingerprint density at radius 2 is 2.14 bits per heavy atom. The van der Waals surface area contributed by atoms with Gasteiger partial charge in [0.1, 0.15) is 10.1 Å². The van der Waals surface area contributed by atoms with E-state index in [1.54, 1.807) is 19.1 Å². The zero-order valence-electron chi connectivity index (χ0n) is 14.9. The molecule has 1 aromatic heterocycles. The minimum atomic E-state index is -0.243. The van der Waals surface area contributed by atoms with Crippen LogP contribution < -0.4 is 14.8 Å². The molecule has 144 valence electrons. The number of hydrogen-bond donors (Lipinski definition) is 1. The third-order valence-corrected chi connectivity index (χ3v) is 5.67. The lowest BCUT2D eigenvalue weighted by Crippen LogP contribution is -2.37. The van der Waals surface area contributed by atoms with Crippen LogP contribution >= 0.6 is 24.0 Å². The Morgan fingerprint density at radius 3 is 2.93 bits per heavy atom. The predicted octanol–water partition coefficient (Wildman–Crippen LogP) is 2.95. The van der Waals surface area contributed by atoms with Crippen molar-refractivity contribution in [1.82, 2.24) is 10.2 Å². The van der Waals surface area contributed by atoms with E-state index >= 15 is 0 Å². The number of benzene rings is 1. The number of fused-ring (bicyclic) bond motifs is 1. The maximum absolute atomic E-state index is 12.7. The van der Waals surface area contributed by atoms with Gasteiger partial charge in [0.15, 0.2) is 11.5 Å². The number of hydrogen-bond acceptors (Lipinski definition) is 7. The van der Waals surface area contributed by atoms with Crippen LogP contribution in [0.2, 0.25) is 0 Å². The maximum Gasteiger partial charge on any atom is 0.266 e. The second-order valence-electron chi connectivity index (χ2n) is 6.09. The molecule has 1 aromatic carbocycles. The van der Waals surface area contributed by atoms with Gasteiger partial charge in [-0.05, 0) is 36.8 Å². The number of ether oxygens (including phenoxy) is 2. The van der Waals surface area contributed by atoms with Gasteiger partial charge < -0.3 is 19.2 Å². The van der Waals surface area contributed by atoms with Crippen molar-refractivity contribution in [2.24, 2.45) is 0 Å². The first kappa shape index (κ1) is 18.6. The van der Waals surface area contributed by atoms with Crippen molar-refractivity contribution in [3.8, 4) is 11.5 Å². The van der Waals surface area contributed by atoms with E-state index in [-0.39, 0.29) is 25.2 Å². The molecule has 1 saturated heterocycles. The lowest BCUT2D eigenvalue weighted by atomic mass is 10.2. The monoisotopic (exact) mass is 416 g/mol. The van der Waals surface area contributed by atoms with Crippen LogP contribution in [0, 0.1) is 6.92 Å². The van der Waals surface area contributed by atoms with Gasteiger partial charge in [-0.2, -0.15) is 0 Å². The van der Waals surface area contributed by atoms with Crippen molar-refractivity contribution in [2.45, 2.75) is 6.92 Å². The molecule has 1 N–H and O–H groups in total. The third-order valence-electron chi connectivity index (χ3n) is 4.29. The van der Waals surface area contributed by atoms with E-state index in [4.69, 9.17) is 26.1 Å². The Labute approximate surface area is 170 Å². The first-order valence-electron chi connectivity index (χ1n) is 8.50. The van der Waals surface area contributed by atoms with Gasteiger partial charge >= 0.3 is 0 Å². The molecule has 0 atom stereocenters. The SMILES string of the molecule is Cc1occc1C(=O)NCCN1C(=O)/C(=C/c2ccc3c(c2)OCO3)SC1=S. The number of carbonyl (C=O) groups excluding carboxylic acids is 2. The highest BCUT2D eigenvalue weighted by Gasteiger charge is 2.31. The lowest BCUT2D eigenvalue weighted by Gasteiger charge is -2.14. The van der Waals surface area contributed by atoms with Gasteiger partial charge in [-0.3, -0.25) is 14.5 Å². The molecule has 28 heavy (non-hydrogen) atoms. The fourth-order valence-corrected chi connectivity index (χ4v) is 4.15. The first-order chi connectivity index (χ1) is 13.5. The van der Waals surface area contributed by atoms with E-state index in [1.807, 2.05) is 18.2 Å². The number of carbonyl (C=O) groups is 2. The molecule has 2 aromatic rings. The summed E-state index contributed by atoms with van der Waals surface area (Å²) < 4.78 is 16.2. The molecule has 0 unspecified atom stereocenters. The van der Waals surface area contributed by atoms with Crippen LogP contribution in [0.4, 0.5) is 0 Å². The number of amides is 2. The largest absolute Gasteiger partial charge is 0.469 e. The smallest absolute Gasteiger partial charge is 0.266 e. The van der Waals surface area contributed by atoms with Crippen LogP contribution in [0.25, 0.3) is 6.08 Å². The van der Waals surface area contributed by atoms with Gasteiger partial charge in [0, 0.05) is 13.1 Å². The number of aryl methyl sites for hydroxylation is 1. The second-order valence-corrected chi connectivity index (χ2v) is 7.77. The maximum atomic E-state index is 12.7. The Balaban J connectivity index is 1.38. The Hall–Kier alpha value is -2.78. The summed E-state index contributed by atoms with van der Waals surface area (Å²) in [5, 5.41) is 2.78. The number of furan rings is 1. The highest BCUT2D eigenvalue weighted by atomic mass is 32.2. The van der Waals surface area contributed by atoms with E-state index in [0.717, 1.165) is 5.56 Å². The van der Waals surface area contributed by atoms with Crippen molar-refractivity contribution in [3.63, 3.8) is 0 Å². The Bertz CT molecular complexity index is 998. The molecule has 0 bridgehead atoms. The van der Waals surface area contributed by atoms with Gasteiger partial charge in [-0.25, -0.2) is 0 Å². The molecule has 0 aliphatic carbocycles. The van der Waals surface area contributed by atoms with Gasteiger partial charge in [0.2, 0.25) is 6.79 Å². The zero-order valence-corrected chi connectivity index (χ0v) is 16.5. The molecule has 4 rings (SSSR count). The molecule has 0 radical (unpaired) electrons. The van der Waals surface area contributed by atoms with Gasteiger partial charge in [-0.15, -0.1) is 0 Å². The van der Waals surface area contributed by atoms with E-state index in [2.05, 4.69) is 5.32 Å². The highest BCUT2D eigenvalue weighted by molar-refractivity contribution is 8.26. The molecular formula is C19H16N2O5S2. The molecule has 2 aliphatic heterocycles. The van der Waals surface area contributed by atoms with Crippen molar-refractivity contribution in [3.05, 3.63) is 52.3 Å². The van der Waals surface area contributed by atoms with Crippen LogP contribution in [0.1, 0.15) is 21.7 Å². The average Bonchev–Trinajstić information content (AvgIpc) is 3.37. The third kappa shape index (κ3) is 3.63. The topological polar surface area (TPSA) is 81.0 Å². The van der Waals surface area contributed by atoms with Gasteiger partial charge in [-0.1, -0.05) is 30.0 Å². The van der Waals surface area contributed by atoms with Gasteiger partial charge in [0.25, 0.3) is 11.8 Å². The zero-order chi connectivity index (χ0) is 19.7. The fourth-order valence-electron chi connectivity index (χ4n) is 2.84. The summed E-state index contributed by atoms with van der Waals surface area (Å²) in [6, 6.07) is 7.09.